The predicted molar refractivity (Wildman–Crippen MR) is 152 cm³/mol. The van der Waals surface area contributed by atoms with Gasteiger partial charge in [0.1, 0.15) is 24.6 Å². The number of carbonyl (C=O) groups excluding carboxylic acids is 2. The molecule has 0 unspecified atom stereocenters. The molecule has 0 N–H and O–H groups in total. The van der Waals surface area contributed by atoms with Gasteiger partial charge in [-0.15, -0.1) is 0 Å². The quantitative estimate of drug-likeness (QED) is 0.171. The van der Waals surface area contributed by atoms with E-state index in [9.17, 15) is 9.59 Å². The van der Waals surface area contributed by atoms with Crippen molar-refractivity contribution < 1.29 is 23.8 Å². The zero-order valence-corrected chi connectivity index (χ0v) is 23.3. The van der Waals surface area contributed by atoms with Crippen LogP contribution in [-0.4, -0.2) is 42.7 Å². The molecule has 196 valence electrons. The summed E-state index contributed by atoms with van der Waals surface area (Å²) < 4.78 is 15.8. The first-order chi connectivity index (χ1) is 18.2. The minimum Gasteiger partial charge on any atom is -0.497 e. The van der Waals surface area contributed by atoms with E-state index in [1.54, 1.807) is 61.7 Å². The number of carbonyl (C=O) groups is 2. The van der Waals surface area contributed by atoms with Gasteiger partial charge in [0.25, 0.3) is 5.91 Å². The highest BCUT2D eigenvalue weighted by Gasteiger charge is 2.40. The Kier molecular flexibility index (Phi) is 8.79. The van der Waals surface area contributed by atoms with Crippen molar-refractivity contribution in [1.82, 2.24) is 4.90 Å². The molecule has 0 saturated carbocycles. The smallest absolute Gasteiger partial charge is 0.325 e. The fraction of sp³-hybridized carbons (Fsp3) is 0.148. The molecule has 1 aliphatic rings. The van der Waals surface area contributed by atoms with Crippen molar-refractivity contribution in [2.24, 2.45) is 0 Å². The number of halogens is 3. The second-order valence-corrected chi connectivity index (χ2v) is 9.66. The number of amides is 1. The molecular formula is C27H21Cl3N2O5S. The van der Waals surface area contributed by atoms with E-state index in [-0.39, 0.29) is 34.0 Å². The van der Waals surface area contributed by atoms with E-state index in [0.717, 1.165) is 5.56 Å². The van der Waals surface area contributed by atoms with Crippen LogP contribution >= 0.6 is 47.0 Å². The van der Waals surface area contributed by atoms with Crippen molar-refractivity contribution in [3.05, 3.63) is 92.6 Å². The molecule has 0 aromatic heterocycles. The van der Waals surface area contributed by atoms with Gasteiger partial charge in [-0.3, -0.25) is 14.5 Å². The third kappa shape index (κ3) is 6.05. The minimum absolute atomic E-state index is 0.122. The molecule has 0 spiro atoms. The van der Waals surface area contributed by atoms with Gasteiger partial charge < -0.3 is 19.1 Å². The zero-order chi connectivity index (χ0) is 27.4. The maximum absolute atomic E-state index is 13.5. The van der Waals surface area contributed by atoms with Crippen molar-refractivity contribution in [1.29, 1.82) is 0 Å². The number of benzene rings is 3. The average Bonchev–Trinajstić information content (AvgIpc) is 3.13. The number of methoxy groups -OCH3 is 2. The summed E-state index contributed by atoms with van der Waals surface area (Å²) in [6.07, 6.45) is 1.56. The molecule has 4 rings (SSSR count). The van der Waals surface area contributed by atoms with E-state index in [1.165, 1.54) is 16.9 Å². The van der Waals surface area contributed by atoms with Crippen molar-refractivity contribution >= 4 is 75.8 Å². The summed E-state index contributed by atoms with van der Waals surface area (Å²) in [6.45, 7) is -0.0309. The summed E-state index contributed by atoms with van der Waals surface area (Å²) in [4.78, 5) is 28.4. The van der Waals surface area contributed by atoms with Crippen LogP contribution < -0.4 is 14.4 Å². The Morgan fingerprint density at radius 3 is 2.18 bits per heavy atom. The summed E-state index contributed by atoms with van der Waals surface area (Å²) in [5.74, 6) is -0.0786. The molecule has 1 heterocycles. The number of esters is 1. The number of hydrogen-bond acceptors (Lipinski definition) is 6. The lowest BCUT2D eigenvalue weighted by Gasteiger charge is -2.19. The molecule has 7 nitrogen and oxygen atoms in total. The van der Waals surface area contributed by atoms with Gasteiger partial charge >= 0.3 is 5.97 Å². The lowest BCUT2D eigenvalue weighted by Crippen LogP contribution is -2.35. The van der Waals surface area contributed by atoms with Crippen molar-refractivity contribution in [3.8, 4) is 11.5 Å². The van der Waals surface area contributed by atoms with Gasteiger partial charge in [0.2, 0.25) is 0 Å². The van der Waals surface area contributed by atoms with E-state index in [1.807, 2.05) is 12.1 Å². The fourth-order valence-electron chi connectivity index (χ4n) is 3.68. The second-order valence-electron chi connectivity index (χ2n) is 8.04. The Balaban J connectivity index is 1.65. The number of hydrogen-bond donors (Lipinski definition) is 0. The number of anilines is 1. The van der Waals surface area contributed by atoms with E-state index >= 15 is 0 Å². The Morgan fingerprint density at radius 2 is 1.61 bits per heavy atom. The second kappa shape index (κ2) is 12.0. The van der Waals surface area contributed by atoms with Crippen LogP contribution in [0, 0.1) is 0 Å². The van der Waals surface area contributed by atoms with Gasteiger partial charge in [0.05, 0.1) is 30.0 Å². The summed E-state index contributed by atoms with van der Waals surface area (Å²) in [5, 5.41) is 1.24. The van der Waals surface area contributed by atoms with Gasteiger partial charge in [-0.1, -0.05) is 46.9 Å². The predicted octanol–water partition coefficient (Wildman–Crippen LogP) is 6.38. The number of rotatable bonds is 8. The summed E-state index contributed by atoms with van der Waals surface area (Å²) in [5.41, 5.74) is 2.06. The van der Waals surface area contributed by atoms with Crippen LogP contribution in [0.4, 0.5) is 5.69 Å². The van der Waals surface area contributed by atoms with E-state index in [0.29, 0.717) is 27.8 Å². The van der Waals surface area contributed by atoms with Crippen LogP contribution in [0.1, 0.15) is 11.1 Å². The molecule has 0 atom stereocenters. The first-order valence-electron chi connectivity index (χ1n) is 11.2. The highest BCUT2D eigenvalue weighted by atomic mass is 35.5. The van der Waals surface area contributed by atoms with Crippen molar-refractivity contribution in [2.45, 2.75) is 6.61 Å². The van der Waals surface area contributed by atoms with Crippen LogP contribution in [0.3, 0.4) is 0 Å². The molecule has 1 saturated heterocycles. The molecule has 1 amide bonds. The highest BCUT2D eigenvalue weighted by Crippen LogP contribution is 2.37. The topological polar surface area (TPSA) is 68.3 Å². The van der Waals surface area contributed by atoms with Gasteiger partial charge in [-0.2, -0.15) is 0 Å². The average molecular weight is 592 g/mol. The fourth-order valence-corrected chi connectivity index (χ4v) is 4.77. The normalized spacial score (nSPS) is 14.3. The third-order valence-corrected chi connectivity index (χ3v) is 6.82. The highest BCUT2D eigenvalue weighted by molar-refractivity contribution is 7.80. The molecule has 3 aromatic rings. The molecule has 0 radical (unpaired) electrons. The minimum atomic E-state index is -0.565. The Hall–Kier alpha value is -3.30. The van der Waals surface area contributed by atoms with Gasteiger partial charge in [-0.25, -0.2) is 0 Å². The van der Waals surface area contributed by atoms with E-state index in [2.05, 4.69) is 0 Å². The van der Waals surface area contributed by atoms with E-state index in [4.69, 9.17) is 61.2 Å². The molecule has 0 aliphatic carbocycles. The Bertz CT molecular complexity index is 1390. The maximum atomic E-state index is 13.5. The van der Waals surface area contributed by atoms with Gasteiger partial charge in [0, 0.05) is 5.02 Å². The summed E-state index contributed by atoms with van der Waals surface area (Å²) in [6, 6.07) is 17.2. The SMILES string of the molecule is COC(=O)CN1C(=S)N(c2ccc(OC)cc2)C(=O)/C1=C/c1cc(Cl)c(OCc2ccc(Cl)cc2)c(Cl)c1. The molecular weight excluding hydrogens is 571 g/mol. The lowest BCUT2D eigenvalue weighted by atomic mass is 10.1. The van der Waals surface area contributed by atoms with Crippen LogP contribution in [0.25, 0.3) is 6.08 Å². The molecule has 1 aliphatic heterocycles. The van der Waals surface area contributed by atoms with Gasteiger partial charge in [-0.05, 0) is 78.0 Å². The monoisotopic (exact) mass is 590 g/mol. The van der Waals surface area contributed by atoms with Crippen LogP contribution in [0.2, 0.25) is 15.1 Å². The summed E-state index contributed by atoms with van der Waals surface area (Å²) in [7, 11) is 2.81. The van der Waals surface area contributed by atoms with Crippen LogP contribution in [0.5, 0.6) is 11.5 Å². The lowest BCUT2D eigenvalue weighted by molar-refractivity contribution is -0.140. The molecule has 3 aromatic carbocycles. The molecule has 38 heavy (non-hydrogen) atoms. The standard InChI is InChI=1S/C27H21Cl3N2O5S/c1-35-20-9-7-19(8-10-20)32-26(34)23(31(27(32)38)14-24(33)36-2)13-17-11-21(29)25(22(30)12-17)37-15-16-3-5-18(28)6-4-16/h3-13H,14-15H2,1-2H3/b23-13-. The number of thiocarbonyl (C=S) groups is 1. The maximum Gasteiger partial charge on any atom is 0.325 e. The van der Waals surface area contributed by atoms with E-state index < -0.39 is 11.9 Å². The molecule has 0 bridgehead atoms. The van der Waals surface area contributed by atoms with Crippen molar-refractivity contribution in [2.75, 3.05) is 25.7 Å². The Labute approximate surface area is 240 Å². The first-order valence-corrected chi connectivity index (χ1v) is 12.7. The largest absolute Gasteiger partial charge is 0.497 e. The van der Waals surface area contributed by atoms with Gasteiger partial charge in [0.15, 0.2) is 10.9 Å². The third-order valence-electron chi connectivity index (χ3n) is 5.60. The summed E-state index contributed by atoms with van der Waals surface area (Å²) >= 11 is 24.5. The number of ether oxygens (including phenoxy) is 3. The number of nitrogens with zero attached hydrogens (tertiary/aromatic N) is 2. The molecule has 1 fully saturated rings. The first kappa shape index (κ1) is 27.7. The Morgan fingerprint density at radius 1 is 0.974 bits per heavy atom. The van der Waals surface area contributed by atoms with Crippen molar-refractivity contribution in [3.63, 3.8) is 0 Å². The zero-order valence-electron chi connectivity index (χ0n) is 20.2. The molecule has 11 heteroatoms. The van der Waals surface area contributed by atoms with Crippen LogP contribution in [0.15, 0.2) is 66.4 Å². The van der Waals surface area contributed by atoms with Crippen LogP contribution in [-0.2, 0) is 20.9 Å².